The average Bonchev–Trinajstić information content (AvgIpc) is 2.99. The maximum atomic E-state index is 12.1. The maximum Gasteiger partial charge on any atom is 0.243 e. The molecule has 1 N–H and O–H groups in total. The van der Waals surface area contributed by atoms with E-state index >= 15 is 0 Å². The lowest BCUT2D eigenvalue weighted by Crippen LogP contribution is -2.42. The van der Waals surface area contributed by atoms with E-state index in [2.05, 4.69) is 32.6 Å². The third-order valence-corrected chi connectivity index (χ3v) is 4.12. The molecule has 2 heterocycles. The number of aromatic nitrogens is 5. The summed E-state index contributed by atoms with van der Waals surface area (Å²) in [5, 5.41) is 15.2. The Balaban J connectivity index is 1.59. The van der Waals surface area contributed by atoms with E-state index < -0.39 is 0 Å². The van der Waals surface area contributed by atoms with Gasteiger partial charge in [0.15, 0.2) is 0 Å². The highest BCUT2D eigenvalue weighted by atomic mass is 16.2. The summed E-state index contributed by atoms with van der Waals surface area (Å²) >= 11 is 0. The molecule has 22 heavy (non-hydrogen) atoms. The molecule has 0 aliphatic heterocycles. The summed E-state index contributed by atoms with van der Waals surface area (Å²) in [6.45, 7) is 2.29. The topological polar surface area (TPSA) is 85.6 Å². The van der Waals surface area contributed by atoms with Gasteiger partial charge in [-0.2, -0.15) is 4.80 Å². The molecule has 7 nitrogen and oxygen atoms in total. The fourth-order valence-electron chi connectivity index (χ4n) is 2.83. The van der Waals surface area contributed by atoms with Crippen molar-refractivity contribution in [1.29, 1.82) is 0 Å². The van der Waals surface area contributed by atoms with E-state index in [9.17, 15) is 4.79 Å². The molecule has 1 aliphatic carbocycles. The van der Waals surface area contributed by atoms with Gasteiger partial charge in [0.05, 0.1) is 0 Å². The number of rotatable bonds is 4. The molecule has 2 aromatic rings. The van der Waals surface area contributed by atoms with Crippen molar-refractivity contribution in [1.82, 2.24) is 30.5 Å². The van der Waals surface area contributed by atoms with E-state index in [1.807, 2.05) is 12.1 Å². The Kier molecular flexibility index (Phi) is 4.41. The number of carbonyl (C=O) groups is 1. The zero-order valence-electron chi connectivity index (χ0n) is 12.6. The van der Waals surface area contributed by atoms with Crippen molar-refractivity contribution >= 4 is 5.91 Å². The summed E-state index contributed by atoms with van der Waals surface area (Å²) in [5.41, 5.74) is 0.787. The minimum absolute atomic E-state index is 0.0612. The van der Waals surface area contributed by atoms with Crippen molar-refractivity contribution in [2.75, 3.05) is 0 Å². The van der Waals surface area contributed by atoms with Crippen LogP contribution in [0.2, 0.25) is 0 Å². The van der Waals surface area contributed by atoms with Gasteiger partial charge in [0.2, 0.25) is 11.7 Å². The van der Waals surface area contributed by atoms with Gasteiger partial charge in [-0.3, -0.25) is 9.78 Å². The molecule has 1 aliphatic rings. The summed E-state index contributed by atoms with van der Waals surface area (Å²) in [6, 6.07) is 3.94. The molecule has 2 aromatic heterocycles. The van der Waals surface area contributed by atoms with Crippen molar-refractivity contribution in [2.24, 2.45) is 5.92 Å². The standard InChI is InChI=1S/C15H20N6O/c1-11-5-2-3-7-13(11)17-14(22)10-21-19-15(18-20-21)12-6-4-8-16-9-12/h4,6,8-9,11,13H,2-3,5,7,10H2,1H3,(H,17,22)/t11-,13-/m0/s1. The summed E-state index contributed by atoms with van der Waals surface area (Å²) in [7, 11) is 0. The smallest absolute Gasteiger partial charge is 0.243 e. The van der Waals surface area contributed by atoms with Gasteiger partial charge < -0.3 is 5.32 Å². The molecule has 3 rings (SSSR count). The van der Waals surface area contributed by atoms with Crippen molar-refractivity contribution in [3.63, 3.8) is 0 Å². The lowest BCUT2D eigenvalue weighted by atomic mass is 9.86. The van der Waals surface area contributed by atoms with Crippen LogP contribution in [0.25, 0.3) is 11.4 Å². The molecule has 0 saturated heterocycles. The Hall–Kier alpha value is -2.31. The molecular formula is C15H20N6O. The molecule has 0 spiro atoms. The molecular weight excluding hydrogens is 280 g/mol. The van der Waals surface area contributed by atoms with Crippen LogP contribution in [-0.4, -0.2) is 37.1 Å². The number of nitrogens with zero attached hydrogens (tertiary/aromatic N) is 5. The Labute approximate surface area is 129 Å². The lowest BCUT2D eigenvalue weighted by molar-refractivity contribution is -0.123. The van der Waals surface area contributed by atoms with Gasteiger partial charge in [0, 0.05) is 24.0 Å². The highest BCUT2D eigenvalue weighted by molar-refractivity contribution is 5.75. The second-order valence-corrected chi connectivity index (χ2v) is 5.82. The second-order valence-electron chi connectivity index (χ2n) is 5.82. The minimum Gasteiger partial charge on any atom is -0.351 e. The Morgan fingerprint density at radius 1 is 1.41 bits per heavy atom. The van der Waals surface area contributed by atoms with E-state index in [1.165, 1.54) is 24.1 Å². The first-order valence-corrected chi connectivity index (χ1v) is 7.70. The summed E-state index contributed by atoms with van der Waals surface area (Å²) in [4.78, 5) is 17.5. The highest BCUT2D eigenvalue weighted by Gasteiger charge is 2.23. The Bertz CT molecular complexity index is 626. The number of tetrazole rings is 1. The van der Waals surface area contributed by atoms with Crippen LogP contribution < -0.4 is 5.32 Å². The van der Waals surface area contributed by atoms with Crippen LogP contribution >= 0.6 is 0 Å². The van der Waals surface area contributed by atoms with Gasteiger partial charge >= 0.3 is 0 Å². The monoisotopic (exact) mass is 300 g/mol. The number of pyridine rings is 1. The normalized spacial score (nSPS) is 21.5. The molecule has 116 valence electrons. The van der Waals surface area contributed by atoms with Crippen LogP contribution in [0.1, 0.15) is 32.6 Å². The molecule has 0 bridgehead atoms. The van der Waals surface area contributed by atoms with Gasteiger partial charge in [0.1, 0.15) is 6.54 Å². The molecule has 0 aromatic carbocycles. The van der Waals surface area contributed by atoms with Crippen LogP contribution in [0.3, 0.4) is 0 Å². The van der Waals surface area contributed by atoms with Crippen LogP contribution in [0.5, 0.6) is 0 Å². The van der Waals surface area contributed by atoms with Gasteiger partial charge in [-0.05, 0) is 36.1 Å². The fourth-order valence-corrected chi connectivity index (χ4v) is 2.83. The summed E-state index contributed by atoms with van der Waals surface area (Å²) < 4.78 is 0. The zero-order valence-corrected chi connectivity index (χ0v) is 12.6. The van der Waals surface area contributed by atoms with Crippen molar-refractivity contribution < 1.29 is 4.79 Å². The molecule has 1 amide bonds. The molecule has 7 heteroatoms. The first kappa shape index (κ1) is 14.6. The van der Waals surface area contributed by atoms with Crippen LogP contribution in [0, 0.1) is 5.92 Å². The van der Waals surface area contributed by atoms with Crippen LogP contribution in [0.4, 0.5) is 0 Å². The summed E-state index contributed by atoms with van der Waals surface area (Å²) in [6.07, 6.45) is 8.03. The van der Waals surface area contributed by atoms with E-state index in [0.717, 1.165) is 12.0 Å². The number of nitrogens with one attached hydrogen (secondary N) is 1. The third kappa shape index (κ3) is 3.47. The van der Waals surface area contributed by atoms with Crippen LogP contribution in [-0.2, 0) is 11.3 Å². The first-order valence-electron chi connectivity index (χ1n) is 7.70. The van der Waals surface area contributed by atoms with E-state index in [0.29, 0.717) is 11.7 Å². The molecule has 0 unspecified atom stereocenters. The van der Waals surface area contributed by atoms with Crippen molar-refractivity contribution in [2.45, 2.75) is 45.2 Å². The minimum atomic E-state index is -0.0612. The largest absolute Gasteiger partial charge is 0.351 e. The van der Waals surface area contributed by atoms with Gasteiger partial charge in [-0.15, -0.1) is 10.2 Å². The predicted molar refractivity (Wildman–Crippen MR) is 80.6 cm³/mol. The molecule has 1 saturated carbocycles. The second kappa shape index (κ2) is 6.64. The Morgan fingerprint density at radius 2 is 2.27 bits per heavy atom. The third-order valence-electron chi connectivity index (χ3n) is 4.12. The Morgan fingerprint density at radius 3 is 3.05 bits per heavy atom. The van der Waals surface area contributed by atoms with Gasteiger partial charge in [-0.1, -0.05) is 19.8 Å². The predicted octanol–water partition coefficient (Wildman–Crippen LogP) is 1.43. The number of hydrogen-bond acceptors (Lipinski definition) is 5. The maximum absolute atomic E-state index is 12.1. The quantitative estimate of drug-likeness (QED) is 0.923. The zero-order chi connectivity index (χ0) is 15.4. The highest BCUT2D eigenvalue weighted by Crippen LogP contribution is 2.23. The SMILES string of the molecule is C[C@H]1CCCC[C@@H]1NC(=O)Cn1nnc(-c2cccnc2)n1. The van der Waals surface area contributed by atoms with Gasteiger partial charge in [-0.25, -0.2) is 0 Å². The molecule has 0 radical (unpaired) electrons. The lowest BCUT2D eigenvalue weighted by Gasteiger charge is -2.29. The van der Waals surface area contributed by atoms with Crippen LogP contribution in [0.15, 0.2) is 24.5 Å². The molecule has 1 fully saturated rings. The van der Waals surface area contributed by atoms with E-state index in [-0.39, 0.29) is 18.5 Å². The average molecular weight is 300 g/mol. The van der Waals surface area contributed by atoms with E-state index in [4.69, 9.17) is 0 Å². The number of hydrogen-bond donors (Lipinski definition) is 1. The molecule has 2 atom stereocenters. The van der Waals surface area contributed by atoms with Crippen molar-refractivity contribution in [3.05, 3.63) is 24.5 Å². The number of carbonyl (C=O) groups excluding carboxylic acids is 1. The fraction of sp³-hybridized carbons (Fsp3) is 0.533. The summed E-state index contributed by atoms with van der Waals surface area (Å²) in [5.74, 6) is 0.952. The van der Waals surface area contributed by atoms with Crippen molar-refractivity contribution in [3.8, 4) is 11.4 Å². The van der Waals surface area contributed by atoms with Gasteiger partial charge in [0.25, 0.3) is 0 Å². The number of amides is 1. The first-order chi connectivity index (χ1) is 10.7. The van der Waals surface area contributed by atoms with E-state index in [1.54, 1.807) is 12.4 Å².